The molecule has 1 aliphatic heterocycles. The van der Waals surface area contributed by atoms with Crippen LogP contribution >= 0.6 is 11.6 Å². The van der Waals surface area contributed by atoms with Crippen LogP contribution in [0.2, 0.25) is 5.02 Å². The van der Waals surface area contributed by atoms with Crippen molar-refractivity contribution in [1.29, 1.82) is 0 Å². The monoisotopic (exact) mass is 594 g/mol. The number of pyridine rings is 1. The van der Waals surface area contributed by atoms with Crippen LogP contribution in [-0.2, 0) is 20.7 Å². The van der Waals surface area contributed by atoms with Crippen LogP contribution in [0.5, 0.6) is 0 Å². The third kappa shape index (κ3) is 5.97. The number of aromatic nitrogens is 1. The van der Waals surface area contributed by atoms with E-state index >= 15 is 4.39 Å². The maximum absolute atomic E-state index is 15.3. The number of fused-ring (bicyclic) bond motifs is 4. The van der Waals surface area contributed by atoms with Crippen LogP contribution in [0.3, 0.4) is 0 Å². The first kappa shape index (κ1) is 29.1. The van der Waals surface area contributed by atoms with Gasteiger partial charge in [0.1, 0.15) is 11.6 Å². The van der Waals surface area contributed by atoms with Crippen molar-refractivity contribution in [2.24, 2.45) is 0 Å². The highest BCUT2D eigenvalue weighted by molar-refractivity contribution is 6.31. The largest absolute Gasteiger partial charge is 0.618 e. The standard InChI is InChI=1S/C32H26ClF3N2O4/c1-42-30(40)15-18-6-9-22-23-16-19(7-11-25(23)34)21(4-2-3-5-29(39)37-27(22)14-18)28-13-8-20(17-38(28)41)31-26(35)12-10-24(33)32(31)36/h6-14,16-17,21H,2-5,15H2,1H3,(H,37,39)/t21-/m0/s1. The van der Waals surface area contributed by atoms with Gasteiger partial charge in [0.25, 0.3) is 0 Å². The molecule has 42 heavy (non-hydrogen) atoms. The smallest absolute Gasteiger partial charge is 0.309 e. The molecule has 0 spiro atoms. The quantitative estimate of drug-likeness (QED) is 0.118. The molecular formula is C32H26ClF3N2O4. The number of amides is 1. The maximum Gasteiger partial charge on any atom is 0.309 e. The van der Waals surface area contributed by atoms with Crippen LogP contribution in [0.4, 0.5) is 18.9 Å². The molecule has 0 radical (unpaired) electrons. The fraction of sp³-hybridized carbons (Fsp3) is 0.219. The van der Waals surface area contributed by atoms with Crippen LogP contribution in [0, 0.1) is 22.7 Å². The topological polar surface area (TPSA) is 82.3 Å². The molecule has 0 unspecified atom stereocenters. The molecule has 0 saturated carbocycles. The van der Waals surface area contributed by atoms with E-state index < -0.39 is 34.9 Å². The molecule has 0 fully saturated rings. The highest BCUT2D eigenvalue weighted by Gasteiger charge is 2.26. The number of carbonyl (C=O) groups excluding carboxylic acids is 2. The molecule has 5 rings (SSSR count). The molecule has 1 N–H and O–H groups in total. The van der Waals surface area contributed by atoms with Crippen molar-refractivity contribution in [3.8, 4) is 22.3 Å². The SMILES string of the molecule is COC(=O)Cc1ccc2c(c1)NC(=O)CCCC[C@H](c1ccc(-c3c(F)ccc(Cl)c3F)c[n+]1[O-])c1ccc(F)c-2c1. The number of nitrogens with one attached hydrogen (secondary N) is 1. The van der Waals surface area contributed by atoms with Gasteiger partial charge in [0.05, 0.1) is 35.6 Å². The van der Waals surface area contributed by atoms with Gasteiger partial charge in [-0.1, -0.05) is 36.2 Å². The first-order valence-electron chi connectivity index (χ1n) is 13.3. The second kappa shape index (κ2) is 12.2. The molecule has 6 nitrogen and oxygen atoms in total. The zero-order valence-corrected chi connectivity index (χ0v) is 23.3. The fourth-order valence-corrected chi connectivity index (χ4v) is 5.44. The number of anilines is 1. The second-order valence-corrected chi connectivity index (χ2v) is 10.5. The Balaban J connectivity index is 1.60. The summed E-state index contributed by atoms with van der Waals surface area (Å²) in [4.78, 5) is 24.6. The van der Waals surface area contributed by atoms with Crippen molar-refractivity contribution in [3.05, 3.63) is 111 Å². The van der Waals surface area contributed by atoms with E-state index in [1.807, 2.05) is 0 Å². The average Bonchev–Trinajstić information content (AvgIpc) is 2.96. The first-order valence-corrected chi connectivity index (χ1v) is 13.7. The van der Waals surface area contributed by atoms with Gasteiger partial charge in [-0.2, -0.15) is 4.73 Å². The average molecular weight is 595 g/mol. The molecule has 0 aliphatic carbocycles. The van der Waals surface area contributed by atoms with Crippen molar-refractivity contribution in [3.63, 3.8) is 0 Å². The normalized spacial score (nSPS) is 15.2. The van der Waals surface area contributed by atoms with Gasteiger partial charge < -0.3 is 15.3 Å². The van der Waals surface area contributed by atoms with Gasteiger partial charge in [-0.05, 0) is 60.4 Å². The summed E-state index contributed by atoms with van der Waals surface area (Å²) in [6.07, 6.45) is 2.81. The summed E-state index contributed by atoms with van der Waals surface area (Å²) in [5.74, 6) is -3.59. The number of ether oxygens (including phenoxy) is 1. The van der Waals surface area contributed by atoms with Gasteiger partial charge in [0.2, 0.25) is 5.91 Å². The van der Waals surface area contributed by atoms with E-state index in [-0.39, 0.29) is 34.9 Å². The Morgan fingerprint density at radius 3 is 2.57 bits per heavy atom. The van der Waals surface area contributed by atoms with Crippen LogP contribution < -0.4 is 10.0 Å². The van der Waals surface area contributed by atoms with Crippen molar-refractivity contribution in [2.45, 2.75) is 38.0 Å². The van der Waals surface area contributed by atoms with E-state index in [2.05, 4.69) is 5.32 Å². The summed E-state index contributed by atoms with van der Waals surface area (Å²) < 4.78 is 49.8. The Kier molecular flexibility index (Phi) is 8.49. The molecule has 4 aromatic rings. The zero-order chi connectivity index (χ0) is 30.0. The third-order valence-electron chi connectivity index (χ3n) is 7.40. The predicted octanol–water partition coefficient (Wildman–Crippen LogP) is 7.08. The number of halogens is 4. The first-order chi connectivity index (χ1) is 20.2. The van der Waals surface area contributed by atoms with Gasteiger partial charge in [-0.3, -0.25) is 9.59 Å². The zero-order valence-electron chi connectivity index (χ0n) is 22.6. The minimum Gasteiger partial charge on any atom is -0.618 e. The molecule has 216 valence electrons. The van der Waals surface area contributed by atoms with Crippen molar-refractivity contribution < 1.29 is 32.2 Å². The summed E-state index contributed by atoms with van der Waals surface area (Å²) in [6, 6.07) is 14.5. The lowest BCUT2D eigenvalue weighted by molar-refractivity contribution is -0.614. The number of hydrogen-bond acceptors (Lipinski definition) is 4. The molecule has 1 aromatic heterocycles. The van der Waals surface area contributed by atoms with Crippen molar-refractivity contribution in [1.82, 2.24) is 0 Å². The van der Waals surface area contributed by atoms with Crippen LogP contribution in [0.1, 0.15) is 48.4 Å². The summed E-state index contributed by atoms with van der Waals surface area (Å²) >= 11 is 5.84. The number of hydrogen-bond donors (Lipinski definition) is 1. The summed E-state index contributed by atoms with van der Waals surface area (Å²) in [5.41, 5.74) is 2.12. The van der Waals surface area contributed by atoms with E-state index in [0.717, 1.165) is 18.3 Å². The lowest BCUT2D eigenvalue weighted by Gasteiger charge is -2.21. The van der Waals surface area contributed by atoms with Crippen LogP contribution in [-0.4, -0.2) is 19.0 Å². The van der Waals surface area contributed by atoms with E-state index in [1.54, 1.807) is 30.3 Å². The van der Waals surface area contributed by atoms with Gasteiger partial charge in [-0.25, -0.2) is 13.2 Å². The number of benzene rings is 3. The molecule has 1 aliphatic rings. The number of nitrogens with zero attached hydrogens (tertiary/aromatic N) is 1. The predicted molar refractivity (Wildman–Crippen MR) is 152 cm³/mol. The van der Waals surface area contributed by atoms with Gasteiger partial charge >= 0.3 is 5.97 Å². The molecule has 2 bridgehead atoms. The van der Waals surface area contributed by atoms with Gasteiger partial charge in [0.15, 0.2) is 17.7 Å². The number of rotatable bonds is 4. The molecule has 0 saturated heterocycles. The molecule has 2 heterocycles. The highest BCUT2D eigenvalue weighted by atomic mass is 35.5. The van der Waals surface area contributed by atoms with E-state index in [0.29, 0.717) is 52.1 Å². The van der Waals surface area contributed by atoms with Crippen molar-refractivity contribution >= 4 is 29.2 Å². The Morgan fingerprint density at radius 1 is 1.02 bits per heavy atom. The van der Waals surface area contributed by atoms with Crippen molar-refractivity contribution in [2.75, 3.05) is 12.4 Å². The molecule has 1 amide bonds. The van der Waals surface area contributed by atoms with E-state index in [1.165, 1.54) is 25.3 Å². The van der Waals surface area contributed by atoms with Crippen LogP contribution in [0.25, 0.3) is 22.3 Å². The minimum absolute atomic E-state index is 0.0209. The summed E-state index contributed by atoms with van der Waals surface area (Å²) in [5, 5.41) is 15.9. The Hall–Kier alpha value is -4.37. The molecular weight excluding hydrogens is 569 g/mol. The van der Waals surface area contributed by atoms with Gasteiger partial charge in [0, 0.05) is 29.3 Å². The Bertz CT molecular complexity index is 1700. The fourth-order valence-electron chi connectivity index (χ4n) is 5.28. The minimum atomic E-state index is -0.967. The number of carbonyl (C=O) groups is 2. The Morgan fingerprint density at radius 2 is 1.81 bits per heavy atom. The lowest BCUT2D eigenvalue weighted by atomic mass is 9.86. The number of methoxy groups -OCH3 is 1. The third-order valence-corrected chi connectivity index (χ3v) is 7.69. The molecule has 10 heteroatoms. The lowest BCUT2D eigenvalue weighted by Crippen LogP contribution is -2.34. The van der Waals surface area contributed by atoms with E-state index in [9.17, 15) is 23.6 Å². The van der Waals surface area contributed by atoms with Crippen LogP contribution in [0.15, 0.2) is 66.9 Å². The van der Waals surface area contributed by atoms with E-state index in [4.69, 9.17) is 16.3 Å². The Labute approximate surface area is 245 Å². The summed E-state index contributed by atoms with van der Waals surface area (Å²) in [7, 11) is 1.28. The molecule has 3 aromatic carbocycles. The highest BCUT2D eigenvalue weighted by Crippen LogP contribution is 2.37. The van der Waals surface area contributed by atoms with Gasteiger partial charge in [-0.15, -0.1) is 0 Å². The number of esters is 1. The maximum atomic E-state index is 15.3. The molecule has 1 atom stereocenters. The summed E-state index contributed by atoms with van der Waals surface area (Å²) in [6.45, 7) is 0. The second-order valence-electron chi connectivity index (χ2n) is 10.1.